The van der Waals surface area contributed by atoms with Gasteiger partial charge < -0.3 is 10.1 Å². The van der Waals surface area contributed by atoms with Gasteiger partial charge >= 0.3 is 5.97 Å². The van der Waals surface area contributed by atoms with Gasteiger partial charge in [-0.3, -0.25) is 9.59 Å². The molecular formula is C15H14BrNO3. The van der Waals surface area contributed by atoms with E-state index >= 15 is 0 Å². The largest absolute Gasteiger partial charge is 0.465 e. The van der Waals surface area contributed by atoms with E-state index in [1.165, 1.54) is 0 Å². The molecule has 0 saturated carbocycles. The molecule has 3 atom stereocenters. The minimum Gasteiger partial charge on any atom is -0.465 e. The van der Waals surface area contributed by atoms with Crippen LogP contribution in [0.2, 0.25) is 0 Å². The molecule has 1 aromatic carbocycles. The quantitative estimate of drug-likeness (QED) is 0.667. The van der Waals surface area contributed by atoms with Gasteiger partial charge in [0.2, 0.25) is 5.91 Å². The predicted molar refractivity (Wildman–Crippen MR) is 78.0 cm³/mol. The van der Waals surface area contributed by atoms with Crippen LogP contribution in [0.25, 0.3) is 0 Å². The van der Waals surface area contributed by atoms with Crippen molar-refractivity contribution >= 4 is 33.5 Å². The number of ether oxygens (including phenoxy) is 1. The van der Waals surface area contributed by atoms with Crippen LogP contribution < -0.4 is 5.32 Å². The van der Waals surface area contributed by atoms with E-state index in [-0.39, 0.29) is 29.6 Å². The van der Waals surface area contributed by atoms with Crippen LogP contribution in [-0.4, -0.2) is 18.5 Å². The monoisotopic (exact) mass is 335 g/mol. The Morgan fingerprint density at radius 3 is 3.05 bits per heavy atom. The van der Waals surface area contributed by atoms with E-state index in [0.717, 1.165) is 10.2 Å². The highest BCUT2D eigenvalue weighted by Gasteiger charge is 2.45. The molecule has 5 heteroatoms. The van der Waals surface area contributed by atoms with Gasteiger partial charge in [-0.15, -0.1) is 0 Å². The van der Waals surface area contributed by atoms with Crippen molar-refractivity contribution in [1.82, 2.24) is 0 Å². The Morgan fingerprint density at radius 1 is 1.40 bits per heavy atom. The second-order valence-electron chi connectivity index (χ2n) is 5.09. The fourth-order valence-corrected chi connectivity index (χ4v) is 3.21. The zero-order chi connectivity index (χ0) is 14.1. The summed E-state index contributed by atoms with van der Waals surface area (Å²) in [7, 11) is 0. The van der Waals surface area contributed by atoms with Gasteiger partial charge in [0.25, 0.3) is 0 Å². The number of nitrogens with one attached hydrogen (secondary N) is 1. The van der Waals surface area contributed by atoms with Crippen molar-refractivity contribution < 1.29 is 14.3 Å². The molecule has 1 heterocycles. The number of allylic oxidation sites excluding steroid dienone is 1. The lowest BCUT2D eigenvalue weighted by atomic mass is 9.77. The summed E-state index contributed by atoms with van der Waals surface area (Å²) in [4.78, 5) is 24.2. The SMILES string of the molecule is O=C1OC[C@H]2C=CC[C@@H](C(=O)Nc3cccc(Br)c3)[C@@H]12. The van der Waals surface area contributed by atoms with Crippen molar-refractivity contribution in [2.75, 3.05) is 11.9 Å². The van der Waals surface area contributed by atoms with E-state index in [4.69, 9.17) is 4.74 Å². The molecule has 1 aliphatic heterocycles. The van der Waals surface area contributed by atoms with E-state index in [2.05, 4.69) is 21.2 Å². The van der Waals surface area contributed by atoms with Gasteiger partial charge in [0.15, 0.2) is 0 Å². The third-order valence-corrected chi connectivity index (χ3v) is 4.28. The molecule has 0 aromatic heterocycles. The second-order valence-corrected chi connectivity index (χ2v) is 6.01. The average Bonchev–Trinajstić information content (AvgIpc) is 2.81. The summed E-state index contributed by atoms with van der Waals surface area (Å²) in [6.45, 7) is 0.390. The molecule has 1 N–H and O–H groups in total. The van der Waals surface area contributed by atoms with Crippen LogP contribution in [0.5, 0.6) is 0 Å². The number of fused-ring (bicyclic) bond motifs is 1. The van der Waals surface area contributed by atoms with Crippen LogP contribution in [0.15, 0.2) is 40.9 Å². The number of rotatable bonds is 2. The number of anilines is 1. The first-order valence-electron chi connectivity index (χ1n) is 6.55. The van der Waals surface area contributed by atoms with Crippen LogP contribution in [0.1, 0.15) is 6.42 Å². The Hall–Kier alpha value is -1.62. The Bertz CT molecular complexity index is 584. The summed E-state index contributed by atoms with van der Waals surface area (Å²) >= 11 is 3.37. The van der Waals surface area contributed by atoms with Crippen molar-refractivity contribution in [3.05, 3.63) is 40.9 Å². The van der Waals surface area contributed by atoms with Crippen LogP contribution in [-0.2, 0) is 14.3 Å². The molecular weight excluding hydrogens is 322 g/mol. The standard InChI is InChI=1S/C15H14BrNO3/c16-10-4-2-5-11(7-10)17-14(18)12-6-1-3-9-8-20-15(19)13(9)12/h1-5,7,9,12-13H,6,8H2,(H,17,18)/t9-,12-,13+/m1/s1. The van der Waals surface area contributed by atoms with E-state index in [1.807, 2.05) is 36.4 Å². The van der Waals surface area contributed by atoms with Crippen molar-refractivity contribution in [3.63, 3.8) is 0 Å². The number of carbonyl (C=O) groups excluding carboxylic acids is 2. The first-order valence-corrected chi connectivity index (χ1v) is 7.34. The molecule has 1 saturated heterocycles. The molecule has 1 amide bonds. The molecule has 0 unspecified atom stereocenters. The van der Waals surface area contributed by atoms with Crippen molar-refractivity contribution in [3.8, 4) is 0 Å². The molecule has 0 spiro atoms. The number of hydrogen-bond acceptors (Lipinski definition) is 3. The van der Waals surface area contributed by atoms with E-state index in [0.29, 0.717) is 13.0 Å². The number of hydrogen-bond donors (Lipinski definition) is 1. The summed E-state index contributed by atoms with van der Waals surface area (Å²) in [5.41, 5.74) is 0.724. The molecule has 0 radical (unpaired) electrons. The number of amides is 1. The molecule has 1 fully saturated rings. The van der Waals surface area contributed by atoms with Crippen LogP contribution in [0, 0.1) is 17.8 Å². The van der Waals surface area contributed by atoms with Gasteiger partial charge in [-0.05, 0) is 24.6 Å². The summed E-state index contributed by atoms with van der Waals surface area (Å²) < 4.78 is 5.97. The van der Waals surface area contributed by atoms with Crippen LogP contribution in [0.4, 0.5) is 5.69 Å². The smallest absolute Gasteiger partial charge is 0.310 e. The maximum Gasteiger partial charge on any atom is 0.310 e. The highest BCUT2D eigenvalue weighted by atomic mass is 79.9. The number of benzene rings is 1. The number of esters is 1. The number of halogens is 1. The summed E-state index contributed by atoms with van der Waals surface area (Å²) in [5, 5.41) is 2.88. The lowest BCUT2D eigenvalue weighted by Crippen LogP contribution is -2.36. The highest BCUT2D eigenvalue weighted by molar-refractivity contribution is 9.10. The summed E-state index contributed by atoms with van der Waals surface area (Å²) in [6.07, 6.45) is 4.53. The van der Waals surface area contributed by atoms with Gasteiger partial charge in [-0.25, -0.2) is 0 Å². The lowest BCUT2D eigenvalue weighted by molar-refractivity contribution is -0.144. The first-order chi connectivity index (χ1) is 9.65. The molecule has 20 heavy (non-hydrogen) atoms. The molecule has 4 nitrogen and oxygen atoms in total. The van der Waals surface area contributed by atoms with E-state index in [9.17, 15) is 9.59 Å². The van der Waals surface area contributed by atoms with Crippen LogP contribution in [0.3, 0.4) is 0 Å². The number of cyclic esters (lactones) is 1. The summed E-state index contributed by atoms with van der Waals surface area (Å²) in [6, 6.07) is 7.41. The third-order valence-electron chi connectivity index (χ3n) is 3.79. The first kappa shape index (κ1) is 13.4. The normalized spacial score (nSPS) is 27.9. The molecule has 1 aliphatic carbocycles. The third kappa shape index (κ3) is 2.50. The van der Waals surface area contributed by atoms with Crippen molar-refractivity contribution in [2.45, 2.75) is 6.42 Å². The molecule has 1 aromatic rings. The predicted octanol–water partition coefficient (Wildman–Crippen LogP) is 2.75. The molecule has 104 valence electrons. The topological polar surface area (TPSA) is 55.4 Å². The Labute approximate surface area is 125 Å². The van der Waals surface area contributed by atoms with Gasteiger partial charge in [0, 0.05) is 16.1 Å². The minimum atomic E-state index is -0.348. The summed E-state index contributed by atoms with van der Waals surface area (Å²) in [5.74, 6) is -1.03. The Morgan fingerprint density at radius 2 is 2.25 bits per heavy atom. The zero-order valence-electron chi connectivity index (χ0n) is 10.7. The Kier molecular flexibility index (Phi) is 3.61. The Balaban J connectivity index is 1.77. The van der Waals surface area contributed by atoms with Gasteiger partial charge in [-0.1, -0.05) is 34.1 Å². The van der Waals surface area contributed by atoms with Gasteiger partial charge in [0.1, 0.15) is 0 Å². The van der Waals surface area contributed by atoms with Gasteiger partial charge in [0.05, 0.1) is 18.4 Å². The zero-order valence-corrected chi connectivity index (χ0v) is 12.3. The molecule has 0 bridgehead atoms. The minimum absolute atomic E-state index is 0.0366. The fraction of sp³-hybridized carbons (Fsp3) is 0.333. The van der Waals surface area contributed by atoms with E-state index in [1.54, 1.807) is 0 Å². The maximum absolute atomic E-state index is 12.4. The maximum atomic E-state index is 12.4. The van der Waals surface area contributed by atoms with Crippen molar-refractivity contribution in [2.24, 2.45) is 17.8 Å². The molecule has 3 rings (SSSR count). The average molecular weight is 336 g/mol. The molecule has 2 aliphatic rings. The lowest BCUT2D eigenvalue weighted by Gasteiger charge is -2.25. The second kappa shape index (κ2) is 5.40. The number of carbonyl (C=O) groups is 2. The van der Waals surface area contributed by atoms with E-state index < -0.39 is 0 Å². The van der Waals surface area contributed by atoms with Crippen molar-refractivity contribution in [1.29, 1.82) is 0 Å². The van der Waals surface area contributed by atoms with Crippen LogP contribution >= 0.6 is 15.9 Å². The van der Waals surface area contributed by atoms with Gasteiger partial charge in [-0.2, -0.15) is 0 Å². The fourth-order valence-electron chi connectivity index (χ4n) is 2.81. The highest BCUT2D eigenvalue weighted by Crippen LogP contribution is 2.36.